The quantitative estimate of drug-likeness (QED) is 0.456. The predicted octanol–water partition coefficient (Wildman–Crippen LogP) is 2.50. The Balaban J connectivity index is 1.93. The number of pyridine rings is 1. The van der Waals surface area contributed by atoms with Gasteiger partial charge in [-0.15, -0.1) is 0 Å². The highest BCUT2D eigenvalue weighted by molar-refractivity contribution is 5.93. The SMILES string of the molecule is CCOC(=O)COCCCCCn1c(C(=O)O)cc2ccc([C@@H](C)N)nc21. The summed E-state index contributed by atoms with van der Waals surface area (Å²) in [4.78, 5) is 27.3. The lowest BCUT2D eigenvalue weighted by Gasteiger charge is -2.10. The molecule has 0 unspecified atom stereocenters. The van der Waals surface area contributed by atoms with E-state index < -0.39 is 5.97 Å². The van der Waals surface area contributed by atoms with Gasteiger partial charge in [0, 0.05) is 24.6 Å². The second kappa shape index (κ2) is 10.0. The third kappa shape index (κ3) is 5.77. The van der Waals surface area contributed by atoms with Crippen molar-refractivity contribution in [3.63, 3.8) is 0 Å². The molecule has 2 aromatic heterocycles. The summed E-state index contributed by atoms with van der Waals surface area (Å²) in [6.07, 6.45) is 2.39. The maximum atomic E-state index is 11.6. The number of aryl methyl sites for hydroxylation is 1. The molecule has 8 heteroatoms. The first-order chi connectivity index (χ1) is 12.9. The summed E-state index contributed by atoms with van der Waals surface area (Å²) in [7, 11) is 0. The fourth-order valence-electron chi connectivity index (χ4n) is 2.81. The summed E-state index contributed by atoms with van der Waals surface area (Å²) < 4.78 is 11.8. The second-order valence-corrected chi connectivity index (χ2v) is 6.34. The summed E-state index contributed by atoms with van der Waals surface area (Å²) in [5.41, 5.74) is 7.48. The minimum atomic E-state index is -0.979. The van der Waals surface area contributed by atoms with Crippen LogP contribution >= 0.6 is 0 Å². The highest BCUT2D eigenvalue weighted by atomic mass is 16.6. The molecule has 0 spiro atoms. The normalized spacial score (nSPS) is 12.3. The van der Waals surface area contributed by atoms with E-state index in [-0.39, 0.29) is 24.3 Å². The lowest BCUT2D eigenvalue weighted by molar-refractivity contribution is -0.148. The number of carboxylic acid groups (broad SMARTS) is 1. The van der Waals surface area contributed by atoms with E-state index in [0.717, 1.165) is 30.3 Å². The molecule has 0 aromatic carbocycles. The van der Waals surface area contributed by atoms with Crippen molar-refractivity contribution in [3.8, 4) is 0 Å². The van der Waals surface area contributed by atoms with Gasteiger partial charge in [-0.2, -0.15) is 0 Å². The lowest BCUT2D eigenvalue weighted by Crippen LogP contribution is -2.13. The van der Waals surface area contributed by atoms with Gasteiger partial charge in [-0.1, -0.05) is 0 Å². The first-order valence-corrected chi connectivity index (χ1v) is 9.16. The fraction of sp³-hybridized carbons (Fsp3) is 0.526. The standard InChI is InChI=1S/C19H27N3O5/c1-3-27-17(23)12-26-10-6-4-5-9-22-16(19(24)25)11-14-7-8-15(13(2)20)21-18(14)22/h7-8,11,13H,3-6,9-10,12,20H2,1-2H3,(H,24,25)/t13-/m1/s1. The second-order valence-electron chi connectivity index (χ2n) is 6.34. The van der Waals surface area contributed by atoms with Crippen LogP contribution in [0.5, 0.6) is 0 Å². The molecule has 0 bridgehead atoms. The highest BCUT2D eigenvalue weighted by Gasteiger charge is 2.16. The third-order valence-corrected chi connectivity index (χ3v) is 4.15. The van der Waals surface area contributed by atoms with Gasteiger partial charge in [0.25, 0.3) is 0 Å². The maximum absolute atomic E-state index is 11.6. The number of esters is 1. The molecular formula is C19H27N3O5. The summed E-state index contributed by atoms with van der Waals surface area (Å²) in [5, 5.41) is 10.3. The number of carbonyl (C=O) groups excluding carboxylic acids is 1. The number of aromatic carboxylic acids is 1. The molecule has 0 aliphatic rings. The summed E-state index contributed by atoms with van der Waals surface area (Å²) in [5.74, 6) is -1.34. The van der Waals surface area contributed by atoms with Crippen molar-refractivity contribution in [2.45, 2.75) is 45.7 Å². The monoisotopic (exact) mass is 377 g/mol. The van der Waals surface area contributed by atoms with Crippen LogP contribution in [0.25, 0.3) is 11.0 Å². The third-order valence-electron chi connectivity index (χ3n) is 4.15. The number of rotatable bonds is 11. The Morgan fingerprint density at radius 3 is 2.74 bits per heavy atom. The zero-order chi connectivity index (χ0) is 19.8. The van der Waals surface area contributed by atoms with Gasteiger partial charge in [0.15, 0.2) is 0 Å². The van der Waals surface area contributed by atoms with E-state index in [9.17, 15) is 14.7 Å². The molecule has 0 fully saturated rings. The van der Waals surface area contributed by atoms with Crippen molar-refractivity contribution >= 4 is 23.0 Å². The van der Waals surface area contributed by atoms with Gasteiger partial charge in [0.1, 0.15) is 17.9 Å². The van der Waals surface area contributed by atoms with Crippen molar-refractivity contribution < 1.29 is 24.2 Å². The van der Waals surface area contributed by atoms with Crippen LogP contribution in [0.2, 0.25) is 0 Å². The molecule has 8 nitrogen and oxygen atoms in total. The highest BCUT2D eigenvalue weighted by Crippen LogP contribution is 2.21. The smallest absolute Gasteiger partial charge is 0.352 e. The first kappa shape index (κ1) is 20.9. The Labute approximate surface area is 158 Å². The molecule has 148 valence electrons. The summed E-state index contributed by atoms with van der Waals surface area (Å²) in [6.45, 7) is 4.90. The number of hydrogen-bond acceptors (Lipinski definition) is 6. The Kier molecular flexibility index (Phi) is 7.75. The molecule has 0 radical (unpaired) electrons. The zero-order valence-electron chi connectivity index (χ0n) is 15.8. The number of ether oxygens (including phenoxy) is 2. The van der Waals surface area contributed by atoms with Crippen molar-refractivity contribution in [1.29, 1.82) is 0 Å². The zero-order valence-corrected chi connectivity index (χ0v) is 15.8. The largest absolute Gasteiger partial charge is 0.477 e. The Bertz CT molecular complexity index is 785. The molecule has 27 heavy (non-hydrogen) atoms. The van der Waals surface area contributed by atoms with Crippen LogP contribution in [0.4, 0.5) is 0 Å². The van der Waals surface area contributed by atoms with Crippen LogP contribution in [0.15, 0.2) is 18.2 Å². The number of nitrogens with two attached hydrogens (primary N) is 1. The van der Waals surface area contributed by atoms with E-state index in [2.05, 4.69) is 4.98 Å². The van der Waals surface area contributed by atoms with Crippen LogP contribution in [-0.4, -0.2) is 46.4 Å². The summed E-state index contributed by atoms with van der Waals surface area (Å²) >= 11 is 0. The molecule has 0 aliphatic carbocycles. The van der Waals surface area contributed by atoms with E-state index in [0.29, 0.717) is 25.4 Å². The predicted molar refractivity (Wildman–Crippen MR) is 101 cm³/mol. The van der Waals surface area contributed by atoms with Gasteiger partial charge in [-0.3, -0.25) is 0 Å². The number of unbranched alkanes of at least 4 members (excludes halogenated alkanes) is 2. The van der Waals surface area contributed by atoms with E-state index in [4.69, 9.17) is 15.2 Å². The topological polar surface area (TPSA) is 117 Å². The number of nitrogens with zero attached hydrogens (tertiary/aromatic N) is 2. The van der Waals surface area contributed by atoms with Crippen molar-refractivity contribution in [2.75, 3.05) is 19.8 Å². The van der Waals surface area contributed by atoms with Crippen LogP contribution in [0.3, 0.4) is 0 Å². The number of fused-ring (bicyclic) bond motifs is 1. The van der Waals surface area contributed by atoms with Gasteiger partial charge in [-0.05, 0) is 51.3 Å². The van der Waals surface area contributed by atoms with Gasteiger partial charge in [-0.25, -0.2) is 14.6 Å². The van der Waals surface area contributed by atoms with Gasteiger partial charge >= 0.3 is 11.9 Å². The molecular weight excluding hydrogens is 350 g/mol. The Morgan fingerprint density at radius 2 is 2.07 bits per heavy atom. The van der Waals surface area contributed by atoms with Crippen LogP contribution in [-0.2, 0) is 20.8 Å². The average molecular weight is 377 g/mol. The first-order valence-electron chi connectivity index (χ1n) is 9.16. The van der Waals surface area contributed by atoms with Crippen molar-refractivity contribution in [3.05, 3.63) is 29.6 Å². The molecule has 1 atom stereocenters. The molecule has 3 N–H and O–H groups in total. The van der Waals surface area contributed by atoms with Crippen molar-refractivity contribution in [2.24, 2.45) is 5.73 Å². The number of carboxylic acids is 1. The number of hydrogen-bond donors (Lipinski definition) is 2. The average Bonchev–Trinajstić information content (AvgIpc) is 2.99. The van der Waals surface area contributed by atoms with Gasteiger partial charge in [0.05, 0.1) is 12.3 Å². The van der Waals surface area contributed by atoms with Crippen LogP contribution in [0, 0.1) is 0 Å². The van der Waals surface area contributed by atoms with E-state index in [1.165, 1.54) is 0 Å². The molecule has 0 saturated carbocycles. The molecule has 0 saturated heterocycles. The Hall–Kier alpha value is -2.45. The van der Waals surface area contributed by atoms with E-state index in [1.807, 2.05) is 19.1 Å². The number of aromatic nitrogens is 2. The minimum absolute atomic E-state index is 0.0385. The molecule has 0 aliphatic heterocycles. The Morgan fingerprint density at radius 1 is 1.30 bits per heavy atom. The molecule has 0 amide bonds. The molecule has 2 rings (SSSR count). The molecule has 2 aromatic rings. The van der Waals surface area contributed by atoms with Crippen LogP contribution in [0.1, 0.15) is 55.3 Å². The fourth-order valence-corrected chi connectivity index (χ4v) is 2.81. The maximum Gasteiger partial charge on any atom is 0.352 e. The lowest BCUT2D eigenvalue weighted by atomic mass is 10.2. The van der Waals surface area contributed by atoms with Crippen molar-refractivity contribution in [1.82, 2.24) is 9.55 Å². The molecule has 2 heterocycles. The van der Waals surface area contributed by atoms with E-state index >= 15 is 0 Å². The summed E-state index contributed by atoms with van der Waals surface area (Å²) in [6, 6.07) is 5.09. The number of carbonyl (C=O) groups is 2. The van der Waals surface area contributed by atoms with Crippen LogP contribution < -0.4 is 5.73 Å². The van der Waals surface area contributed by atoms with E-state index in [1.54, 1.807) is 17.6 Å². The van der Waals surface area contributed by atoms with Gasteiger partial charge < -0.3 is 24.9 Å². The minimum Gasteiger partial charge on any atom is -0.477 e. The van der Waals surface area contributed by atoms with Gasteiger partial charge in [0.2, 0.25) is 0 Å².